The molecule has 2 N–H and O–H groups in total. The van der Waals surface area contributed by atoms with Crippen LogP contribution in [0.4, 0.5) is 0 Å². The van der Waals surface area contributed by atoms with Gasteiger partial charge in [-0.25, -0.2) is 13.8 Å². The third-order valence-corrected chi connectivity index (χ3v) is 6.73. The molecule has 0 radical (unpaired) electrons. The Hall–Kier alpha value is -2.46. The summed E-state index contributed by atoms with van der Waals surface area (Å²) < 4.78 is 32.1. The van der Waals surface area contributed by atoms with E-state index in [9.17, 15) is 18.3 Å². The maximum absolute atomic E-state index is 12.8. The molecule has 1 aliphatic heterocycles. The standard InChI is InChI=1S/C20H22ClN3O5S/c1-2-18(17-13-15(21)6-7-19(17)25)22-23-20(26)14-4-3-5-16(12-14)30(27,28)24-8-10-29-11-9-24/h3-7,12-13,25H,2,8-11H2,1H3,(H,23,26)/b22-18-. The molecule has 160 valence electrons. The fourth-order valence-corrected chi connectivity index (χ4v) is 4.61. The third kappa shape index (κ3) is 4.99. The lowest BCUT2D eigenvalue weighted by atomic mass is 10.1. The normalized spacial score (nSPS) is 15.7. The molecule has 0 bridgehead atoms. The molecule has 8 nitrogen and oxygen atoms in total. The molecule has 0 saturated carbocycles. The average Bonchev–Trinajstić information content (AvgIpc) is 2.77. The SMILES string of the molecule is CC/C(=N/NC(=O)c1cccc(S(=O)(=O)N2CCOCC2)c1)c1cc(Cl)ccc1O. The number of amides is 1. The van der Waals surface area contributed by atoms with Crippen molar-refractivity contribution in [3.63, 3.8) is 0 Å². The van der Waals surface area contributed by atoms with E-state index in [0.29, 0.717) is 35.9 Å². The Morgan fingerprint density at radius 2 is 1.97 bits per heavy atom. The first-order valence-corrected chi connectivity index (χ1v) is 11.2. The topological polar surface area (TPSA) is 108 Å². The zero-order chi connectivity index (χ0) is 21.7. The number of phenolic OH excluding ortho intramolecular Hbond substituents is 1. The van der Waals surface area contributed by atoms with Crippen LogP contribution in [0.1, 0.15) is 29.3 Å². The summed E-state index contributed by atoms with van der Waals surface area (Å²) in [5.41, 5.74) is 3.41. The monoisotopic (exact) mass is 451 g/mol. The van der Waals surface area contributed by atoms with E-state index >= 15 is 0 Å². The van der Waals surface area contributed by atoms with Gasteiger partial charge in [-0.3, -0.25) is 4.79 Å². The van der Waals surface area contributed by atoms with Crippen LogP contribution in [0.5, 0.6) is 5.75 Å². The second-order valence-corrected chi connectivity index (χ2v) is 8.93. The highest BCUT2D eigenvalue weighted by Gasteiger charge is 2.26. The molecule has 1 saturated heterocycles. The maximum Gasteiger partial charge on any atom is 0.271 e. The number of aromatic hydroxyl groups is 1. The minimum atomic E-state index is -3.72. The number of sulfonamides is 1. The van der Waals surface area contributed by atoms with Gasteiger partial charge < -0.3 is 9.84 Å². The molecule has 0 aromatic heterocycles. The molecule has 3 rings (SSSR count). The van der Waals surface area contributed by atoms with Crippen LogP contribution in [-0.2, 0) is 14.8 Å². The number of carbonyl (C=O) groups is 1. The number of hydrazone groups is 1. The molecule has 30 heavy (non-hydrogen) atoms. The van der Waals surface area contributed by atoms with E-state index in [1.54, 1.807) is 12.1 Å². The highest BCUT2D eigenvalue weighted by atomic mass is 35.5. The van der Waals surface area contributed by atoms with Crippen molar-refractivity contribution >= 4 is 33.2 Å². The van der Waals surface area contributed by atoms with E-state index in [4.69, 9.17) is 16.3 Å². The predicted molar refractivity (Wildman–Crippen MR) is 113 cm³/mol. The minimum absolute atomic E-state index is 0.00662. The lowest BCUT2D eigenvalue weighted by Gasteiger charge is -2.26. The summed E-state index contributed by atoms with van der Waals surface area (Å²) >= 11 is 5.98. The van der Waals surface area contributed by atoms with Crippen molar-refractivity contribution < 1.29 is 23.1 Å². The number of morpholine rings is 1. The Kier molecular flexibility index (Phi) is 7.09. The molecule has 10 heteroatoms. The van der Waals surface area contributed by atoms with Crippen LogP contribution >= 0.6 is 11.6 Å². The summed E-state index contributed by atoms with van der Waals surface area (Å²) in [6.07, 6.45) is 0.430. The van der Waals surface area contributed by atoms with Crippen LogP contribution in [0.2, 0.25) is 5.02 Å². The van der Waals surface area contributed by atoms with Gasteiger partial charge >= 0.3 is 0 Å². The van der Waals surface area contributed by atoms with Crippen LogP contribution in [0.25, 0.3) is 0 Å². The van der Waals surface area contributed by atoms with Crippen LogP contribution in [0.15, 0.2) is 52.5 Å². The van der Waals surface area contributed by atoms with Gasteiger partial charge in [-0.2, -0.15) is 9.41 Å². The van der Waals surface area contributed by atoms with E-state index in [1.807, 2.05) is 6.92 Å². The van der Waals surface area contributed by atoms with E-state index in [1.165, 1.54) is 34.6 Å². The first-order valence-electron chi connectivity index (χ1n) is 9.36. The number of carbonyl (C=O) groups excluding carboxylic acids is 1. The molecule has 0 atom stereocenters. The number of rotatable bonds is 6. The van der Waals surface area contributed by atoms with Crippen molar-refractivity contribution in [1.82, 2.24) is 9.73 Å². The number of halogens is 1. The number of ether oxygens (including phenoxy) is 1. The van der Waals surface area contributed by atoms with Gasteiger partial charge in [-0.15, -0.1) is 0 Å². The summed E-state index contributed by atoms with van der Waals surface area (Å²) in [6, 6.07) is 10.3. The Morgan fingerprint density at radius 3 is 2.67 bits per heavy atom. The largest absolute Gasteiger partial charge is 0.507 e. The Morgan fingerprint density at radius 1 is 1.23 bits per heavy atom. The molecule has 1 fully saturated rings. The highest BCUT2D eigenvalue weighted by molar-refractivity contribution is 7.89. The van der Waals surface area contributed by atoms with Crippen molar-refractivity contribution in [2.45, 2.75) is 18.2 Å². The molecule has 1 heterocycles. The summed E-state index contributed by atoms with van der Waals surface area (Å²) in [4.78, 5) is 12.6. The van der Waals surface area contributed by atoms with Gasteiger partial charge in [0, 0.05) is 29.2 Å². The maximum atomic E-state index is 12.8. The van der Waals surface area contributed by atoms with Crippen molar-refractivity contribution in [3.05, 3.63) is 58.6 Å². The van der Waals surface area contributed by atoms with Gasteiger partial charge in [-0.1, -0.05) is 24.6 Å². The summed E-state index contributed by atoms with van der Waals surface area (Å²) in [5.74, 6) is -0.575. The van der Waals surface area contributed by atoms with Gasteiger partial charge in [0.1, 0.15) is 5.75 Å². The quantitative estimate of drug-likeness (QED) is 0.518. The van der Waals surface area contributed by atoms with Gasteiger partial charge in [0.05, 0.1) is 23.8 Å². The number of benzene rings is 2. The zero-order valence-corrected chi connectivity index (χ0v) is 17.9. The number of nitrogens with zero attached hydrogens (tertiary/aromatic N) is 2. The number of hydrogen-bond acceptors (Lipinski definition) is 6. The van der Waals surface area contributed by atoms with Crippen molar-refractivity contribution in [2.75, 3.05) is 26.3 Å². The molecule has 0 unspecified atom stereocenters. The van der Waals surface area contributed by atoms with Crippen LogP contribution in [0.3, 0.4) is 0 Å². The second-order valence-electron chi connectivity index (χ2n) is 6.56. The molecule has 0 aliphatic carbocycles. The summed E-state index contributed by atoms with van der Waals surface area (Å²) in [5, 5.41) is 14.6. The van der Waals surface area contributed by atoms with Crippen molar-refractivity contribution in [2.24, 2.45) is 5.10 Å². The molecular formula is C20H22ClN3O5S. The zero-order valence-electron chi connectivity index (χ0n) is 16.3. The van der Waals surface area contributed by atoms with E-state index in [-0.39, 0.29) is 29.3 Å². The average molecular weight is 452 g/mol. The fourth-order valence-electron chi connectivity index (χ4n) is 2.99. The molecule has 2 aromatic rings. The second kappa shape index (κ2) is 9.57. The van der Waals surface area contributed by atoms with Gasteiger partial charge in [0.25, 0.3) is 5.91 Å². The number of nitrogens with one attached hydrogen (secondary N) is 1. The first kappa shape index (κ1) is 22.2. The van der Waals surface area contributed by atoms with Crippen LogP contribution in [-0.4, -0.2) is 55.8 Å². The summed E-state index contributed by atoms with van der Waals surface area (Å²) in [7, 11) is -3.72. The fraction of sp³-hybridized carbons (Fsp3) is 0.300. The third-order valence-electron chi connectivity index (χ3n) is 4.60. The smallest absolute Gasteiger partial charge is 0.271 e. The van der Waals surface area contributed by atoms with E-state index in [0.717, 1.165) is 0 Å². The Balaban J connectivity index is 1.81. The molecule has 1 aliphatic rings. The molecule has 0 spiro atoms. The molecule has 2 aromatic carbocycles. The Bertz CT molecular complexity index is 1070. The summed E-state index contributed by atoms with van der Waals surface area (Å²) in [6.45, 7) is 3.04. The Labute approximate surface area is 180 Å². The van der Waals surface area contributed by atoms with Gasteiger partial charge in [0.15, 0.2) is 0 Å². The first-order chi connectivity index (χ1) is 14.3. The lowest BCUT2D eigenvalue weighted by molar-refractivity contribution is 0.0730. The van der Waals surface area contributed by atoms with Crippen LogP contribution in [0, 0.1) is 0 Å². The highest BCUT2D eigenvalue weighted by Crippen LogP contribution is 2.23. The molecule has 1 amide bonds. The van der Waals surface area contributed by atoms with Crippen molar-refractivity contribution in [3.8, 4) is 5.75 Å². The van der Waals surface area contributed by atoms with E-state index in [2.05, 4.69) is 10.5 Å². The molecular weight excluding hydrogens is 430 g/mol. The van der Waals surface area contributed by atoms with Gasteiger partial charge in [0.2, 0.25) is 10.0 Å². The number of hydrogen-bond donors (Lipinski definition) is 2. The van der Waals surface area contributed by atoms with E-state index < -0.39 is 15.9 Å². The predicted octanol–water partition coefficient (Wildman–Crippen LogP) is 2.61. The van der Waals surface area contributed by atoms with Crippen molar-refractivity contribution in [1.29, 1.82) is 0 Å². The van der Waals surface area contributed by atoms with Gasteiger partial charge in [-0.05, 0) is 42.8 Å². The number of phenols is 1. The lowest BCUT2D eigenvalue weighted by Crippen LogP contribution is -2.40. The minimum Gasteiger partial charge on any atom is -0.507 e. The van der Waals surface area contributed by atoms with Crippen LogP contribution < -0.4 is 5.43 Å².